The van der Waals surface area contributed by atoms with Gasteiger partial charge in [0.15, 0.2) is 11.6 Å². The summed E-state index contributed by atoms with van der Waals surface area (Å²) >= 11 is 0. The summed E-state index contributed by atoms with van der Waals surface area (Å²) in [5, 5.41) is 8.11. The molecule has 0 atom stereocenters. The summed E-state index contributed by atoms with van der Waals surface area (Å²) in [6.45, 7) is 0.503. The van der Waals surface area contributed by atoms with Gasteiger partial charge in [-0.2, -0.15) is 0 Å². The summed E-state index contributed by atoms with van der Waals surface area (Å²) in [6, 6.07) is 11.5. The Hall–Kier alpha value is -4.53. The molecule has 9 heteroatoms. The number of nitrogen functional groups attached to an aromatic ring is 1. The van der Waals surface area contributed by atoms with Gasteiger partial charge in [0.1, 0.15) is 11.3 Å². The van der Waals surface area contributed by atoms with Gasteiger partial charge in [0.05, 0.1) is 31.2 Å². The molecule has 5 aromatic heterocycles. The fraction of sp³-hybridized carbons (Fsp3) is 0.0870. The first-order valence-corrected chi connectivity index (χ1v) is 9.95. The number of rotatable bonds is 6. The predicted molar refractivity (Wildman–Crippen MR) is 122 cm³/mol. The molecule has 0 fully saturated rings. The van der Waals surface area contributed by atoms with E-state index in [1.807, 2.05) is 36.5 Å². The second kappa shape index (κ2) is 8.31. The van der Waals surface area contributed by atoms with Crippen molar-refractivity contribution >= 4 is 17.0 Å². The lowest BCUT2D eigenvalue weighted by molar-refractivity contribution is 0.413. The maximum Gasteiger partial charge on any atom is 0.183 e. The molecule has 0 radical (unpaired) electrons. The van der Waals surface area contributed by atoms with Crippen LogP contribution in [0.2, 0.25) is 0 Å². The van der Waals surface area contributed by atoms with Gasteiger partial charge in [-0.3, -0.25) is 15.0 Å². The number of nitrogens with two attached hydrogens (primary N) is 1. The molecule has 3 N–H and O–H groups in total. The van der Waals surface area contributed by atoms with Gasteiger partial charge in [0, 0.05) is 47.7 Å². The number of methoxy groups -OCH3 is 1. The molecule has 5 heterocycles. The average molecular weight is 424 g/mol. The number of anilines is 2. The highest BCUT2D eigenvalue weighted by Crippen LogP contribution is 2.32. The Bertz CT molecular complexity index is 1380. The molecule has 9 nitrogen and oxygen atoms in total. The van der Waals surface area contributed by atoms with Crippen molar-refractivity contribution in [2.24, 2.45) is 0 Å². The predicted octanol–water partition coefficient (Wildman–Crippen LogP) is 3.45. The molecule has 0 amide bonds. The number of fused-ring (bicyclic) bond motifs is 1. The van der Waals surface area contributed by atoms with Crippen LogP contribution in [0, 0.1) is 0 Å². The molecular weight excluding hydrogens is 404 g/mol. The Morgan fingerprint density at radius 1 is 1.03 bits per heavy atom. The van der Waals surface area contributed by atoms with Crippen LogP contribution in [0.25, 0.3) is 28.0 Å². The van der Waals surface area contributed by atoms with Gasteiger partial charge >= 0.3 is 0 Å². The summed E-state index contributed by atoms with van der Waals surface area (Å²) < 4.78 is 7.14. The third-order valence-electron chi connectivity index (χ3n) is 4.95. The van der Waals surface area contributed by atoms with E-state index in [9.17, 15) is 0 Å². The number of ether oxygens (including phenoxy) is 1. The second-order valence-electron chi connectivity index (χ2n) is 7.10. The van der Waals surface area contributed by atoms with Crippen molar-refractivity contribution in [3.63, 3.8) is 0 Å². The molecule has 32 heavy (non-hydrogen) atoms. The first-order chi connectivity index (χ1) is 15.7. The minimum atomic E-state index is 0.503. The Morgan fingerprint density at radius 2 is 1.91 bits per heavy atom. The first kappa shape index (κ1) is 19.4. The maximum absolute atomic E-state index is 5.92. The third-order valence-corrected chi connectivity index (χ3v) is 4.95. The van der Waals surface area contributed by atoms with Crippen molar-refractivity contribution in [2.75, 3.05) is 18.2 Å². The van der Waals surface area contributed by atoms with Crippen LogP contribution >= 0.6 is 0 Å². The molecule has 0 aliphatic rings. The van der Waals surface area contributed by atoms with Gasteiger partial charge < -0.3 is 15.8 Å². The van der Waals surface area contributed by atoms with Gasteiger partial charge in [0.2, 0.25) is 0 Å². The summed E-state index contributed by atoms with van der Waals surface area (Å²) in [5.74, 6) is 1.84. The Morgan fingerprint density at radius 3 is 2.72 bits per heavy atom. The first-order valence-electron chi connectivity index (χ1n) is 9.95. The van der Waals surface area contributed by atoms with Crippen molar-refractivity contribution < 1.29 is 4.74 Å². The molecule has 158 valence electrons. The van der Waals surface area contributed by atoms with Crippen molar-refractivity contribution in [1.82, 2.24) is 29.5 Å². The van der Waals surface area contributed by atoms with E-state index in [1.165, 1.54) is 0 Å². The van der Waals surface area contributed by atoms with E-state index in [0.29, 0.717) is 29.6 Å². The average Bonchev–Trinajstić information content (AvgIpc) is 3.27. The SMILES string of the molecule is COc1cncc(-c2ccn3nc(-c4cncc(N)c4)nc(NCc4ccccn4)c23)c1. The molecular formula is C23H20N8O. The summed E-state index contributed by atoms with van der Waals surface area (Å²) in [7, 11) is 1.62. The van der Waals surface area contributed by atoms with Crippen molar-refractivity contribution in [3.8, 4) is 28.3 Å². The number of nitrogens with one attached hydrogen (secondary N) is 1. The lowest BCUT2D eigenvalue weighted by Gasteiger charge is -2.12. The van der Waals surface area contributed by atoms with Gasteiger partial charge in [-0.05, 0) is 30.3 Å². The monoisotopic (exact) mass is 424 g/mol. The smallest absolute Gasteiger partial charge is 0.183 e. The fourth-order valence-corrected chi connectivity index (χ4v) is 3.44. The van der Waals surface area contributed by atoms with E-state index in [2.05, 4.69) is 20.3 Å². The highest BCUT2D eigenvalue weighted by Gasteiger charge is 2.16. The van der Waals surface area contributed by atoms with Crippen LogP contribution in [0.15, 0.2) is 73.6 Å². The molecule has 0 aliphatic carbocycles. The largest absolute Gasteiger partial charge is 0.495 e. The topological polar surface area (TPSA) is 116 Å². The van der Waals surface area contributed by atoms with Crippen LogP contribution in [-0.2, 0) is 6.54 Å². The van der Waals surface area contributed by atoms with Crippen molar-refractivity contribution in [1.29, 1.82) is 0 Å². The third kappa shape index (κ3) is 3.79. The molecule has 0 saturated heterocycles. The lowest BCUT2D eigenvalue weighted by Crippen LogP contribution is -2.08. The molecule has 5 rings (SSSR count). The van der Waals surface area contributed by atoms with E-state index in [1.54, 1.807) is 48.7 Å². The number of pyridine rings is 3. The number of hydrogen-bond acceptors (Lipinski definition) is 8. The molecule has 0 aliphatic heterocycles. The van der Waals surface area contributed by atoms with E-state index in [4.69, 9.17) is 20.6 Å². The highest BCUT2D eigenvalue weighted by atomic mass is 16.5. The molecule has 0 bridgehead atoms. The zero-order valence-corrected chi connectivity index (χ0v) is 17.3. The number of nitrogens with zero attached hydrogens (tertiary/aromatic N) is 6. The van der Waals surface area contributed by atoms with Gasteiger partial charge in [-0.15, -0.1) is 5.10 Å². The molecule has 5 aromatic rings. The lowest BCUT2D eigenvalue weighted by atomic mass is 10.1. The summed E-state index contributed by atoms with van der Waals surface area (Å²) in [5.41, 5.74) is 10.7. The minimum Gasteiger partial charge on any atom is -0.495 e. The van der Waals surface area contributed by atoms with Crippen LogP contribution < -0.4 is 15.8 Å². The molecule has 0 saturated carbocycles. The highest BCUT2D eigenvalue weighted by molar-refractivity contribution is 5.89. The molecule has 0 unspecified atom stereocenters. The van der Waals surface area contributed by atoms with Crippen LogP contribution in [-0.4, -0.2) is 36.7 Å². The van der Waals surface area contributed by atoms with Gasteiger partial charge in [-0.1, -0.05) is 6.07 Å². The Balaban J connectivity index is 1.65. The Kier molecular flexibility index (Phi) is 5.04. The molecule has 0 spiro atoms. The van der Waals surface area contributed by atoms with Crippen LogP contribution in [0.4, 0.5) is 11.5 Å². The Labute approximate surface area is 184 Å². The maximum atomic E-state index is 5.92. The molecule has 0 aromatic carbocycles. The van der Waals surface area contributed by atoms with E-state index >= 15 is 0 Å². The van der Waals surface area contributed by atoms with E-state index in [-0.39, 0.29) is 0 Å². The number of hydrogen-bond donors (Lipinski definition) is 2. The van der Waals surface area contributed by atoms with Gasteiger partial charge in [0.25, 0.3) is 0 Å². The second-order valence-corrected chi connectivity index (χ2v) is 7.10. The fourth-order valence-electron chi connectivity index (χ4n) is 3.44. The standard InChI is InChI=1S/C23H20N8O/c1-32-19-9-15(10-26-14-19)20-5-7-31-21(20)23(28-13-18-4-2-3-6-27-18)29-22(30-31)16-8-17(24)12-25-11-16/h2-12,14H,13,24H2,1H3,(H,28,29,30). The number of aromatic nitrogens is 6. The summed E-state index contributed by atoms with van der Waals surface area (Å²) in [4.78, 5) is 17.7. The minimum absolute atomic E-state index is 0.503. The van der Waals surface area contributed by atoms with Crippen LogP contribution in [0.3, 0.4) is 0 Å². The normalized spacial score (nSPS) is 10.9. The zero-order valence-electron chi connectivity index (χ0n) is 17.3. The van der Waals surface area contributed by atoms with Crippen LogP contribution in [0.1, 0.15) is 5.69 Å². The summed E-state index contributed by atoms with van der Waals surface area (Å²) in [6.07, 6.45) is 10.4. The zero-order chi connectivity index (χ0) is 21.9. The van der Waals surface area contributed by atoms with Crippen molar-refractivity contribution in [2.45, 2.75) is 6.54 Å². The van der Waals surface area contributed by atoms with Gasteiger partial charge in [-0.25, -0.2) is 9.50 Å². The van der Waals surface area contributed by atoms with Crippen LogP contribution in [0.5, 0.6) is 5.75 Å². The van der Waals surface area contributed by atoms with E-state index < -0.39 is 0 Å². The van der Waals surface area contributed by atoms with E-state index in [0.717, 1.165) is 27.9 Å². The quantitative estimate of drug-likeness (QED) is 0.426. The van der Waals surface area contributed by atoms with Crippen molar-refractivity contribution in [3.05, 3.63) is 79.3 Å².